The van der Waals surface area contributed by atoms with Crippen LogP contribution in [0.4, 0.5) is 0 Å². The van der Waals surface area contributed by atoms with Gasteiger partial charge in [-0.25, -0.2) is 0 Å². The molecule has 0 atom stereocenters. The first-order chi connectivity index (χ1) is 8.03. The van der Waals surface area contributed by atoms with Crippen LogP contribution < -0.4 is 10.4 Å². The molecule has 0 radical (unpaired) electrons. The molecule has 0 N–H and O–H groups in total. The van der Waals surface area contributed by atoms with Crippen LogP contribution in [-0.4, -0.2) is 6.69 Å². The average molecular weight is 281 g/mol. The first-order valence-electron chi connectivity index (χ1n) is 5.53. The Kier molecular flexibility index (Phi) is 3.62. The summed E-state index contributed by atoms with van der Waals surface area (Å²) in [5.74, 6) is 0. The molecule has 0 aromatic heterocycles. The molecule has 0 aliphatic carbocycles. The summed E-state index contributed by atoms with van der Waals surface area (Å²) < 4.78 is 0. The molecule has 0 spiro atoms. The van der Waals surface area contributed by atoms with Gasteiger partial charge in [-0.05, 0) is 13.8 Å². The summed E-state index contributed by atoms with van der Waals surface area (Å²) in [6, 6.07) is 16.2. The summed E-state index contributed by atoms with van der Waals surface area (Å²) in [6.45, 7) is 1.51. The number of benzene rings is 2. The molecule has 0 fully saturated rings. The highest BCUT2D eigenvalue weighted by Crippen LogP contribution is 2.18. The molecular weight excluding hydrogens is 267 g/mol. The second kappa shape index (κ2) is 4.85. The molecule has 0 amide bonds. The number of rotatable bonds is 2. The van der Waals surface area contributed by atoms with Gasteiger partial charge in [0.05, 0.1) is 6.69 Å². The fraction of sp³-hybridized carbons (Fsp3) is 0.143. The van der Waals surface area contributed by atoms with Crippen molar-refractivity contribution >= 4 is 39.2 Å². The van der Waals surface area contributed by atoms with Crippen LogP contribution in [0.15, 0.2) is 48.5 Å². The maximum atomic E-state index is 6.70. The minimum atomic E-state index is -2.60. The Labute approximate surface area is 113 Å². The number of hydrogen-bond acceptors (Lipinski definition) is 0. The highest BCUT2D eigenvalue weighted by Gasteiger charge is 2.20. The lowest BCUT2D eigenvalue weighted by Crippen LogP contribution is -2.50. The minimum Gasteiger partial charge on any atom is -0.325 e. The number of aryl methyl sites for hydroxylation is 2. The lowest BCUT2D eigenvalue weighted by molar-refractivity contribution is 1.49. The third-order valence-corrected chi connectivity index (χ3v) is 7.88. The van der Waals surface area contributed by atoms with Crippen LogP contribution in [0.25, 0.3) is 0 Å². The van der Waals surface area contributed by atoms with E-state index in [0.717, 1.165) is 21.5 Å². The van der Waals surface area contributed by atoms with Gasteiger partial charge in [-0.3, -0.25) is 0 Å². The summed E-state index contributed by atoms with van der Waals surface area (Å²) >= 11 is 13.4. The van der Waals surface area contributed by atoms with E-state index < -0.39 is 6.69 Å². The van der Waals surface area contributed by atoms with Crippen LogP contribution in [0.5, 0.6) is 0 Å². The monoisotopic (exact) mass is 280 g/mol. The van der Waals surface area contributed by atoms with Crippen LogP contribution in [0, 0.1) is 13.8 Å². The van der Waals surface area contributed by atoms with E-state index in [0.29, 0.717) is 0 Å². The molecule has 2 rings (SSSR count). The van der Waals surface area contributed by atoms with Crippen molar-refractivity contribution in [2.24, 2.45) is 0 Å². The Morgan fingerprint density at radius 3 is 1.41 bits per heavy atom. The van der Waals surface area contributed by atoms with Crippen molar-refractivity contribution in [2.45, 2.75) is 13.8 Å². The van der Waals surface area contributed by atoms with Crippen molar-refractivity contribution in [3.63, 3.8) is 0 Å². The molecule has 0 aliphatic rings. The first kappa shape index (κ1) is 12.7. The molecule has 0 saturated carbocycles. The Morgan fingerprint density at radius 2 is 1.06 bits per heavy atom. The van der Waals surface area contributed by atoms with Gasteiger partial charge in [0.15, 0.2) is 0 Å². The Morgan fingerprint density at radius 1 is 0.706 bits per heavy atom. The van der Waals surface area contributed by atoms with E-state index in [1.807, 2.05) is 36.4 Å². The highest BCUT2D eigenvalue weighted by molar-refractivity contribution is 7.56. The summed E-state index contributed by atoms with van der Waals surface area (Å²) in [5.41, 5.74) is 2.32. The van der Waals surface area contributed by atoms with Crippen molar-refractivity contribution in [1.29, 1.82) is 0 Å². The van der Waals surface area contributed by atoms with E-state index in [2.05, 4.69) is 26.0 Å². The van der Waals surface area contributed by atoms with E-state index in [4.69, 9.17) is 22.2 Å². The second-order valence-corrected chi connectivity index (χ2v) is 10.4. The van der Waals surface area contributed by atoms with E-state index >= 15 is 0 Å². The van der Waals surface area contributed by atoms with Gasteiger partial charge in [0.2, 0.25) is 0 Å². The highest BCUT2D eigenvalue weighted by atomic mass is 35.7. The molecule has 0 nitrogen and oxygen atoms in total. The Hall–Kier alpha value is -0.763. The Bertz CT molecular complexity index is 488. The van der Waals surface area contributed by atoms with Crippen LogP contribution >= 0.6 is 22.2 Å². The van der Waals surface area contributed by atoms with Gasteiger partial charge < -0.3 is 22.2 Å². The molecule has 89 valence electrons. The number of halogens is 2. The van der Waals surface area contributed by atoms with Crippen molar-refractivity contribution < 1.29 is 0 Å². The maximum absolute atomic E-state index is 6.70. The van der Waals surface area contributed by atoms with Gasteiger partial charge in [0.25, 0.3) is 0 Å². The summed E-state index contributed by atoms with van der Waals surface area (Å²) in [7, 11) is 0. The van der Waals surface area contributed by atoms with Crippen molar-refractivity contribution in [1.82, 2.24) is 0 Å². The molecule has 0 bridgehead atoms. The van der Waals surface area contributed by atoms with Gasteiger partial charge in [-0.1, -0.05) is 59.7 Å². The SMILES string of the molecule is Cc1ccccc1[Si-](Cl)(Cl)c1ccccc1C. The van der Waals surface area contributed by atoms with Crippen LogP contribution in [-0.2, 0) is 0 Å². The van der Waals surface area contributed by atoms with E-state index in [-0.39, 0.29) is 0 Å². The first-order valence-corrected chi connectivity index (χ1v) is 9.56. The zero-order chi connectivity index (χ0) is 12.5. The Balaban J connectivity index is 2.58. The van der Waals surface area contributed by atoms with E-state index in [1.165, 1.54) is 0 Å². The van der Waals surface area contributed by atoms with Crippen molar-refractivity contribution in [2.75, 3.05) is 0 Å². The fourth-order valence-corrected chi connectivity index (χ4v) is 6.60. The lowest BCUT2D eigenvalue weighted by Gasteiger charge is -2.35. The maximum Gasteiger partial charge on any atom is 0.0926 e. The van der Waals surface area contributed by atoms with E-state index in [1.54, 1.807) is 0 Å². The van der Waals surface area contributed by atoms with Gasteiger partial charge in [0, 0.05) is 0 Å². The van der Waals surface area contributed by atoms with Gasteiger partial charge in [-0.15, -0.1) is 10.4 Å². The summed E-state index contributed by atoms with van der Waals surface area (Å²) in [5, 5.41) is 2.16. The lowest BCUT2D eigenvalue weighted by atomic mass is 10.2. The zero-order valence-corrected chi connectivity index (χ0v) is 12.4. The van der Waals surface area contributed by atoms with Crippen LogP contribution in [0.1, 0.15) is 11.1 Å². The third-order valence-electron chi connectivity index (χ3n) is 2.97. The van der Waals surface area contributed by atoms with Gasteiger partial charge >= 0.3 is 0 Å². The molecule has 0 aliphatic heterocycles. The van der Waals surface area contributed by atoms with Gasteiger partial charge in [-0.2, -0.15) is 0 Å². The van der Waals surface area contributed by atoms with Crippen LogP contribution in [0.3, 0.4) is 0 Å². The molecule has 0 heterocycles. The molecule has 2 aromatic carbocycles. The second-order valence-electron chi connectivity index (χ2n) is 4.20. The predicted octanol–water partition coefficient (Wildman–Crippen LogP) is 3.34. The normalized spacial score (nSPS) is 11.5. The predicted molar refractivity (Wildman–Crippen MR) is 79.1 cm³/mol. The zero-order valence-electron chi connectivity index (χ0n) is 9.87. The standard InChI is InChI=1S/C14H14Cl2Si/c1-11-7-3-5-9-13(11)17(15,16)14-10-6-4-8-12(14)2/h3-10H,1-2H3/q-1. The van der Waals surface area contributed by atoms with Crippen molar-refractivity contribution in [3.05, 3.63) is 59.7 Å². The smallest absolute Gasteiger partial charge is 0.0926 e. The fourth-order valence-electron chi connectivity index (χ4n) is 2.00. The summed E-state index contributed by atoms with van der Waals surface area (Å²) in [6.07, 6.45) is 0. The van der Waals surface area contributed by atoms with Crippen LogP contribution in [0.2, 0.25) is 0 Å². The van der Waals surface area contributed by atoms with E-state index in [9.17, 15) is 0 Å². The number of hydrogen-bond donors (Lipinski definition) is 0. The van der Waals surface area contributed by atoms with Gasteiger partial charge in [0.1, 0.15) is 0 Å². The minimum absolute atomic E-state index is 1.08. The van der Waals surface area contributed by atoms with Crippen molar-refractivity contribution in [3.8, 4) is 0 Å². The molecule has 0 saturated heterocycles. The molecule has 17 heavy (non-hydrogen) atoms. The third kappa shape index (κ3) is 2.42. The summed E-state index contributed by atoms with van der Waals surface area (Å²) in [4.78, 5) is 0. The molecule has 3 heteroatoms. The average Bonchev–Trinajstić information content (AvgIpc) is 2.29. The quantitative estimate of drug-likeness (QED) is 0.585. The molecule has 2 aromatic rings. The largest absolute Gasteiger partial charge is 0.325 e. The molecular formula is C14H14Cl2Si-. The molecule has 0 unspecified atom stereocenters. The topological polar surface area (TPSA) is 0 Å².